The molecule has 0 saturated heterocycles. The predicted octanol–water partition coefficient (Wildman–Crippen LogP) is 0.109. The van der Waals surface area contributed by atoms with Crippen LogP contribution in [0.5, 0.6) is 0 Å². The van der Waals surface area contributed by atoms with Crippen LogP contribution in [0.3, 0.4) is 0 Å². The molecule has 0 aliphatic carbocycles. The maximum Gasteiger partial charge on any atom is 0.267 e. The summed E-state index contributed by atoms with van der Waals surface area (Å²) in [6.07, 6.45) is 4.18. The molecule has 2 aromatic heterocycles. The molecule has 9 heteroatoms. The van der Waals surface area contributed by atoms with Crippen LogP contribution < -0.4 is 10.0 Å². The third kappa shape index (κ3) is 2.51. The zero-order valence-electron chi connectivity index (χ0n) is 9.40. The Kier molecular flexibility index (Phi) is 3.33. The molecule has 2 N–H and O–H groups in total. The molecule has 2 aromatic rings. The summed E-state index contributed by atoms with van der Waals surface area (Å²) in [5, 5.41) is 9.79. The number of hydrogen-bond acceptors (Lipinski definition) is 7. The van der Waals surface area contributed by atoms with E-state index in [0.29, 0.717) is 0 Å². The number of nitrogens with zero attached hydrogens (tertiary/aromatic N) is 4. The highest BCUT2D eigenvalue weighted by Crippen LogP contribution is 2.19. The van der Waals surface area contributed by atoms with Crippen LogP contribution in [0.25, 0.3) is 0 Å². The SMILES string of the molecule is CNc1ncccc1S(=O)(=O)Nc1nccnn1. The lowest BCUT2D eigenvalue weighted by atomic mass is 10.5. The lowest BCUT2D eigenvalue weighted by molar-refractivity contribution is 0.600. The van der Waals surface area contributed by atoms with E-state index < -0.39 is 10.0 Å². The number of sulfonamides is 1. The van der Waals surface area contributed by atoms with Crippen molar-refractivity contribution in [3.8, 4) is 0 Å². The first-order valence-corrected chi connectivity index (χ1v) is 6.41. The van der Waals surface area contributed by atoms with E-state index in [4.69, 9.17) is 0 Å². The van der Waals surface area contributed by atoms with E-state index >= 15 is 0 Å². The fourth-order valence-electron chi connectivity index (χ4n) is 1.26. The molecule has 0 unspecified atom stereocenters. The summed E-state index contributed by atoms with van der Waals surface area (Å²) in [5.41, 5.74) is 0. The van der Waals surface area contributed by atoms with Crippen molar-refractivity contribution in [1.29, 1.82) is 0 Å². The van der Waals surface area contributed by atoms with Crippen molar-refractivity contribution in [2.45, 2.75) is 4.90 Å². The van der Waals surface area contributed by atoms with Gasteiger partial charge in [-0.1, -0.05) is 0 Å². The number of nitrogens with one attached hydrogen (secondary N) is 2. The maximum absolute atomic E-state index is 12.1. The van der Waals surface area contributed by atoms with Crippen LogP contribution in [0, 0.1) is 0 Å². The smallest absolute Gasteiger partial charge is 0.267 e. The van der Waals surface area contributed by atoms with Crippen LogP contribution in [0.1, 0.15) is 0 Å². The van der Waals surface area contributed by atoms with Crippen LogP contribution >= 0.6 is 0 Å². The number of rotatable bonds is 4. The molecule has 0 aliphatic heterocycles. The lowest BCUT2D eigenvalue weighted by Gasteiger charge is -2.09. The summed E-state index contributed by atoms with van der Waals surface area (Å²) < 4.78 is 26.4. The van der Waals surface area contributed by atoms with Gasteiger partial charge in [0.25, 0.3) is 16.0 Å². The van der Waals surface area contributed by atoms with E-state index in [1.54, 1.807) is 7.05 Å². The molecular formula is C9H10N6O2S. The molecule has 2 rings (SSSR count). The largest absolute Gasteiger partial charge is 0.372 e. The molecule has 0 spiro atoms. The van der Waals surface area contributed by atoms with Gasteiger partial charge < -0.3 is 5.32 Å². The molecule has 2 heterocycles. The van der Waals surface area contributed by atoms with E-state index in [-0.39, 0.29) is 16.7 Å². The van der Waals surface area contributed by atoms with E-state index in [2.05, 4.69) is 30.2 Å². The summed E-state index contributed by atoms with van der Waals surface area (Å²) in [5.74, 6) is 0.150. The molecule has 0 bridgehead atoms. The van der Waals surface area contributed by atoms with Gasteiger partial charge in [0.05, 0.1) is 12.4 Å². The van der Waals surface area contributed by atoms with Crippen molar-refractivity contribution in [3.05, 3.63) is 30.7 Å². The van der Waals surface area contributed by atoms with Crippen molar-refractivity contribution in [1.82, 2.24) is 20.2 Å². The van der Waals surface area contributed by atoms with Crippen molar-refractivity contribution in [2.24, 2.45) is 0 Å². The van der Waals surface area contributed by atoms with Gasteiger partial charge in [0.2, 0.25) is 0 Å². The zero-order valence-corrected chi connectivity index (χ0v) is 10.2. The standard InChI is InChI=1S/C9H10N6O2S/c1-10-8-7(3-2-4-11-8)18(16,17)15-9-12-5-6-13-14-9/h2-6H,1H3,(H,10,11)(H,12,14,15). The van der Waals surface area contributed by atoms with Crippen molar-refractivity contribution in [2.75, 3.05) is 17.1 Å². The monoisotopic (exact) mass is 266 g/mol. The van der Waals surface area contributed by atoms with Gasteiger partial charge in [0, 0.05) is 13.2 Å². The Morgan fingerprint density at radius 2 is 2.00 bits per heavy atom. The minimum Gasteiger partial charge on any atom is -0.372 e. The molecule has 0 radical (unpaired) electrons. The third-order valence-corrected chi connectivity index (χ3v) is 3.37. The van der Waals surface area contributed by atoms with Crippen LogP contribution in [-0.4, -0.2) is 35.6 Å². The summed E-state index contributed by atoms with van der Waals surface area (Å²) >= 11 is 0. The minimum atomic E-state index is -3.80. The van der Waals surface area contributed by atoms with Crippen LogP contribution in [0.15, 0.2) is 35.6 Å². The van der Waals surface area contributed by atoms with Gasteiger partial charge in [-0.2, -0.15) is 5.10 Å². The Hall–Kier alpha value is -2.29. The normalized spacial score (nSPS) is 10.9. The molecular weight excluding hydrogens is 256 g/mol. The zero-order chi connectivity index (χ0) is 13.0. The fourth-order valence-corrected chi connectivity index (χ4v) is 2.38. The average Bonchev–Trinajstić information content (AvgIpc) is 2.39. The Balaban J connectivity index is 2.37. The molecule has 0 fully saturated rings. The number of anilines is 2. The maximum atomic E-state index is 12.1. The Labute approximate surface area is 104 Å². The average molecular weight is 266 g/mol. The summed E-state index contributed by atoms with van der Waals surface area (Å²) in [6, 6.07) is 2.96. The van der Waals surface area contributed by atoms with Crippen LogP contribution in [-0.2, 0) is 10.0 Å². The number of aromatic nitrogens is 4. The van der Waals surface area contributed by atoms with Crippen molar-refractivity contribution >= 4 is 21.8 Å². The van der Waals surface area contributed by atoms with E-state index in [1.807, 2.05) is 0 Å². The number of hydrogen-bond donors (Lipinski definition) is 2. The van der Waals surface area contributed by atoms with Crippen LogP contribution in [0.4, 0.5) is 11.8 Å². The van der Waals surface area contributed by atoms with Gasteiger partial charge in [-0.3, -0.25) is 0 Å². The summed E-state index contributed by atoms with van der Waals surface area (Å²) in [6.45, 7) is 0. The van der Waals surface area contributed by atoms with Crippen molar-refractivity contribution < 1.29 is 8.42 Å². The van der Waals surface area contributed by atoms with E-state index in [9.17, 15) is 8.42 Å². The van der Waals surface area contributed by atoms with E-state index in [1.165, 1.54) is 30.7 Å². The van der Waals surface area contributed by atoms with Gasteiger partial charge in [-0.05, 0) is 12.1 Å². The quantitative estimate of drug-likeness (QED) is 0.808. The van der Waals surface area contributed by atoms with Gasteiger partial charge in [-0.15, -0.1) is 5.10 Å². The lowest BCUT2D eigenvalue weighted by Crippen LogP contribution is -2.17. The molecule has 18 heavy (non-hydrogen) atoms. The second kappa shape index (κ2) is 4.92. The molecule has 0 amide bonds. The van der Waals surface area contributed by atoms with Gasteiger partial charge >= 0.3 is 0 Å². The molecule has 0 saturated carbocycles. The summed E-state index contributed by atoms with van der Waals surface area (Å²) in [7, 11) is -2.21. The molecule has 94 valence electrons. The first kappa shape index (κ1) is 12.2. The highest BCUT2D eigenvalue weighted by Gasteiger charge is 2.19. The minimum absolute atomic E-state index is 0.0138. The second-order valence-electron chi connectivity index (χ2n) is 3.17. The Morgan fingerprint density at radius 1 is 1.17 bits per heavy atom. The molecule has 0 aromatic carbocycles. The first-order chi connectivity index (χ1) is 8.63. The van der Waals surface area contributed by atoms with Gasteiger partial charge in [0.15, 0.2) is 0 Å². The Morgan fingerprint density at radius 3 is 2.67 bits per heavy atom. The fraction of sp³-hybridized carbons (Fsp3) is 0.111. The van der Waals surface area contributed by atoms with Crippen LogP contribution in [0.2, 0.25) is 0 Å². The highest BCUT2D eigenvalue weighted by molar-refractivity contribution is 7.92. The molecule has 0 aliphatic rings. The topological polar surface area (TPSA) is 110 Å². The first-order valence-electron chi connectivity index (χ1n) is 4.93. The molecule has 8 nitrogen and oxygen atoms in total. The van der Waals surface area contributed by atoms with E-state index in [0.717, 1.165) is 0 Å². The second-order valence-corrected chi connectivity index (χ2v) is 4.82. The number of pyridine rings is 1. The summed E-state index contributed by atoms with van der Waals surface area (Å²) in [4.78, 5) is 7.67. The Bertz CT molecular complexity index is 631. The molecule has 0 atom stereocenters. The third-order valence-electron chi connectivity index (χ3n) is 2.01. The van der Waals surface area contributed by atoms with Gasteiger partial charge in [0.1, 0.15) is 10.7 Å². The predicted molar refractivity (Wildman–Crippen MR) is 64.4 cm³/mol. The van der Waals surface area contributed by atoms with Gasteiger partial charge in [-0.25, -0.2) is 23.1 Å². The van der Waals surface area contributed by atoms with Crippen molar-refractivity contribution in [3.63, 3.8) is 0 Å². The highest BCUT2D eigenvalue weighted by atomic mass is 32.2.